The third kappa shape index (κ3) is 5.50. The standard InChI is InChI=1S/C9H17NO2.2C2H6/c1-4-5-10-6-7-12-9(2,3)8(10)11;2*1-2/h4-7H2,1-3H3;2*1-2H3. The van der Waals surface area contributed by atoms with E-state index < -0.39 is 5.60 Å². The Balaban J connectivity index is 0. The fourth-order valence-corrected chi connectivity index (χ4v) is 1.44. The molecule has 16 heavy (non-hydrogen) atoms. The van der Waals surface area contributed by atoms with Gasteiger partial charge in [-0.3, -0.25) is 4.79 Å². The van der Waals surface area contributed by atoms with E-state index in [1.165, 1.54) is 0 Å². The average molecular weight is 231 g/mol. The molecule has 0 spiro atoms. The molecule has 1 saturated heterocycles. The van der Waals surface area contributed by atoms with Crippen molar-refractivity contribution in [3.8, 4) is 0 Å². The Hall–Kier alpha value is -0.570. The Morgan fingerprint density at radius 1 is 1.25 bits per heavy atom. The van der Waals surface area contributed by atoms with Gasteiger partial charge in [-0.1, -0.05) is 34.6 Å². The molecule has 3 nitrogen and oxygen atoms in total. The Kier molecular flexibility index (Phi) is 10.7. The number of ether oxygens (including phenoxy) is 1. The minimum absolute atomic E-state index is 0.121. The van der Waals surface area contributed by atoms with E-state index in [-0.39, 0.29) is 5.91 Å². The zero-order valence-corrected chi connectivity index (χ0v) is 12.1. The van der Waals surface area contributed by atoms with Crippen molar-refractivity contribution in [1.29, 1.82) is 0 Å². The SMILES string of the molecule is CC.CC.CCCN1CCOC(C)(C)C1=O. The van der Waals surface area contributed by atoms with Crippen LogP contribution in [-0.4, -0.2) is 36.1 Å². The molecule has 1 fully saturated rings. The van der Waals surface area contributed by atoms with E-state index in [2.05, 4.69) is 6.92 Å². The van der Waals surface area contributed by atoms with Crippen LogP contribution < -0.4 is 0 Å². The van der Waals surface area contributed by atoms with Crippen molar-refractivity contribution in [2.24, 2.45) is 0 Å². The summed E-state index contributed by atoms with van der Waals surface area (Å²) in [5.41, 5.74) is -0.604. The summed E-state index contributed by atoms with van der Waals surface area (Å²) in [4.78, 5) is 13.5. The smallest absolute Gasteiger partial charge is 0.254 e. The van der Waals surface area contributed by atoms with Gasteiger partial charge in [-0.05, 0) is 20.3 Å². The summed E-state index contributed by atoms with van der Waals surface area (Å²) in [7, 11) is 0. The molecule has 0 aromatic rings. The number of carbonyl (C=O) groups excluding carboxylic acids is 1. The molecular weight excluding hydrogens is 202 g/mol. The maximum absolute atomic E-state index is 11.6. The molecule has 0 bridgehead atoms. The molecule has 1 heterocycles. The van der Waals surface area contributed by atoms with Gasteiger partial charge < -0.3 is 9.64 Å². The average Bonchev–Trinajstić information content (AvgIpc) is 2.31. The van der Waals surface area contributed by atoms with Crippen LogP contribution >= 0.6 is 0 Å². The highest BCUT2D eigenvalue weighted by Crippen LogP contribution is 2.18. The zero-order chi connectivity index (χ0) is 13.2. The van der Waals surface area contributed by atoms with E-state index in [4.69, 9.17) is 4.74 Å². The van der Waals surface area contributed by atoms with E-state index in [1.54, 1.807) is 0 Å². The van der Waals surface area contributed by atoms with E-state index in [0.717, 1.165) is 19.5 Å². The lowest BCUT2D eigenvalue weighted by Gasteiger charge is -2.37. The van der Waals surface area contributed by atoms with Crippen LogP contribution in [0.4, 0.5) is 0 Å². The number of amides is 1. The van der Waals surface area contributed by atoms with Crippen molar-refractivity contribution in [3.63, 3.8) is 0 Å². The minimum atomic E-state index is -0.604. The predicted molar refractivity (Wildman–Crippen MR) is 69.6 cm³/mol. The molecule has 1 amide bonds. The van der Waals surface area contributed by atoms with Gasteiger partial charge in [-0.25, -0.2) is 0 Å². The Bertz CT molecular complexity index is 177. The van der Waals surface area contributed by atoms with Gasteiger partial charge in [0.1, 0.15) is 5.60 Å². The van der Waals surface area contributed by atoms with Crippen LogP contribution in [0.25, 0.3) is 0 Å². The van der Waals surface area contributed by atoms with Gasteiger partial charge in [0.15, 0.2) is 0 Å². The van der Waals surface area contributed by atoms with Gasteiger partial charge in [0.25, 0.3) is 5.91 Å². The number of nitrogens with zero attached hydrogens (tertiary/aromatic N) is 1. The van der Waals surface area contributed by atoms with Crippen molar-refractivity contribution < 1.29 is 9.53 Å². The molecule has 0 atom stereocenters. The predicted octanol–water partition coefficient (Wildman–Crippen LogP) is 3.09. The Labute approximate surface area is 101 Å². The number of hydrogen-bond donors (Lipinski definition) is 0. The van der Waals surface area contributed by atoms with Crippen molar-refractivity contribution in [1.82, 2.24) is 4.90 Å². The number of morpholine rings is 1. The van der Waals surface area contributed by atoms with Crippen molar-refractivity contribution >= 4 is 5.91 Å². The van der Waals surface area contributed by atoms with Gasteiger partial charge in [-0.2, -0.15) is 0 Å². The molecule has 0 N–H and O–H groups in total. The second kappa shape index (κ2) is 9.64. The summed E-state index contributed by atoms with van der Waals surface area (Å²) in [5, 5.41) is 0. The highest BCUT2D eigenvalue weighted by molar-refractivity contribution is 5.84. The zero-order valence-electron chi connectivity index (χ0n) is 12.1. The molecule has 0 aliphatic carbocycles. The van der Waals surface area contributed by atoms with E-state index in [1.807, 2.05) is 46.4 Å². The van der Waals surface area contributed by atoms with Crippen LogP contribution in [0.15, 0.2) is 0 Å². The summed E-state index contributed by atoms with van der Waals surface area (Å²) >= 11 is 0. The molecular formula is C13H29NO2. The van der Waals surface area contributed by atoms with Crippen LogP contribution in [-0.2, 0) is 9.53 Å². The van der Waals surface area contributed by atoms with E-state index in [0.29, 0.717) is 6.61 Å². The summed E-state index contributed by atoms with van der Waals surface area (Å²) in [5.74, 6) is 0.121. The van der Waals surface area contributed by atoms with Gasteiger partial charge in [-0.15, -0.1) is 0 Å². The first kappa shape index (κ1) is 17.8. The Morgan fingerprint density at radius 2 is 1.75 bits per heavy atom. The third-order valence-electron chi connectivity index (χ3n) is 2.12. The molecule has 0 saturated carbocycles. The lowest BCUT2D eigenvalue weighted by atomic mass is 10.1. The number of rotatable bonds is 2. The molecule has 98 valence electrons. The molecule has 3 heteroatoms. The van der Waals surface area contributed by atoms with Gasteiger partial charge in [0.05, 0.1) is 6.61 Å². The second-order valence-electron chi connectivity index (χ2n) is 3.65. The number of carbonyl (C=O) groups is 1. The molecule has 0 aromatic carbocycles. The maximum atomic E-state index is 11.6. The van der Waals surface area contributed by atoms with Crippen LogP contribution in [0, 0.1) is 0 Å². The minimum Gasteiger partial charge on any atom is -0.364 e. The summed E-state index contributed by atoms with van der Waals surface area (Å²) in [6.07, 6.45) is 1.02. The summed E-state index contributed by atoms with van der Waals surface area (Å²) < 4.78 is 5.36. The third-order valence-corrected chi connectivity index (χ3v) is 2.12. The van der Waals surface area contributed by atoms with Crippen LogP contribution in [0.5, 0.6) is 0 Å². The van der Waals surface area contributed by atoms with Gasteiger partial charge in [0, 0.05) is 13.1 Å². The summed E-state index contributed by atoms with van der Waals surface area (Å²) in [6, 6.07) is 0. The quantitative estimate of drug-likeness (QED) is 0.731. The molecule has 1 rings (SSSR count). The van der Waals surface area contributed by atoms with Gasteiger partial charge >= 0.3 is 0 Å². The van der Waals surface area contributed by atoms with Crippen LogP contribution in [0.3, 0.4) is 0 Å². The second-order valence-corrected chi connectivity index (χ2v) is 3.65. The van der Waals surface area contributed by atoms with Gasteiger partial charge in [0.2, 0.25) is 0 Å². The first-order valence-corrected chi connectivity index (χ1v) is 6.51. The normalized spacial score (nSPS) is 17.9. The first-order chi connectivity index (χ1) is 7.58. The van der Waals surface area contributed by atoms with Crippen molar-refractivity contribution in [3.05, 3.63) is 0 Å². The lowest BCUT2D eigenvalue weighted by Crippen LogP contribution is -2.53. The lowest BCUT2D eigenvalue weighted by molar-refractivity contribution is -0.165. The largest absolute Gasteiger partial charge is 0.364 e. The molecule has 0 unspecified atom stereocenters. The maximum Gasteiger partial charge on any atom is 0.254 e. The van der Waals surface area contributed by atoms with E-state index in [9.17, 15) is 4.79 Å². The highest BCUT2D eigenvalue weighted by Gasteiger charge is 2.35. The van der Waals surface area contributed by atoms with E-state index >= 15 is 0 Å². The fraction of sp³-hybridized carbons (Fsp3) is 0.923. The summed E-state index contributed by atoms with van der Waals surface area (Å²) in [6.45, 7) is 16.0. The monoisotopic (exact) mass is 231 g/mol. The number of hydrogen-bond acceptors (Lipinski definition) is 2. The molecule has 0 radical (unpaired) electrons. The Morgan fingerprint density at radius 3 is 2.19 bits per heavy atom. The molecule has 0 aromatic heterocycles. The first-order valence-electron chi connectivity index (χ1n) is 6.51. The van der Waals surface area contributed by atoms with Crippen LogP contribution in [0.1, 0.15) is 54.9 Å². The molecule has 1 aliphatic rings. The molecule has 1 aliphatic heterocycles. The highest BCUT2D eigenvalue weighted by atomic mass is 16.5. The van der Waals surface area contributed by atoms with Crippen LogP contribution in [0.2, 0.25) is 0 Å². The van der Waals surface area contributed by atoms with Crippen molar-refractivity contribution in [2.45, 2.75) is 60.5 Å². The van der Waals surface area contributed by atoms with Crippen molar-refractivity contribution in [2.75, 3.05) is 19.7 Å². The fourth-order valence-electron chi connectivity index (χ4n) is 1.44. The topological polar surface area (TPSA) is 29.5 Å².